The molecule has 0 aromatic heterocycles. The fourth-order valence-electron chi connectivity index (χ4n) is 1.89. The van der Waals surface area contributed by atoms with Crippen molar-refractivity contribution in [1.82, 2.24) is 5.32 Å². The molecule has 2 rings (SSSR count). The van der Waals surface area contributed by atoms with Crippen molar-refractivity contribution in [3.05, 3.63) is 59.7 Å². The summed E-state index contributed by atoms with van der Waals surface area (Å²) < 4.78 is 65.6. The molecular weight excluding hydrogens is 347 g/mol. The smallest absolute Gasteiger partial charge is 0.416 e. The largest absolute Gasteiger partial charge is 0.435 e. The lowest BCUT2D eigenvalue weighted by atomic mass is 10.2. The lowest BCUT2D eigenvalue weighted by molar-refractivity contribution is -0.137. The zero-order valence-corrected chi connectivity index (χ0v) is 12.6. The average molecular weight is 360 g/mol. The molecule has 2 N–H and O–H groups in total. The number of amides is 2. The Balaban J connectivity index is 1.84. The van der Waals surface area contributed by atoms with E-state index in [1.165, 1.54) is 24.3 Å². The SMILES string of the molecule is O=C(NCc1ccc(OC(F)F)cc1)Nc1ccc(C(F)(F)F)cc1. The van der Waals surface area contributed by atoms with E-state index in [2.05, 4.69) is 15.4 Å². The van der Waals surface area contributed by atoms with Gasteiger partial charge in [0, 0.05) is 12.2 Å². The number of carbonyl (C=O) groups excluding carboxylic acids is 1. The molecule has 4 nitrogen and oxygen atoms in total. The Morgan fingerprint density at radius 1 is 1.00 bits per heavy atom. The summed E-state index contributed by atoms with van der Waals surface area (Å²) in [6, 6.07) is 9.03. The molecule has 0 unspecified atom stereocenters. The standard InChI is InChI=1S/C16H13F5N2O2/c17-14(18)25-13-7-1-10(2-8-13)9-22-15(24)23-12-5-3-11(4-6-12)16(19,20)21/h1-8,14H,9H2,(H2,22,23,24). The number of urea groups is 1. The Kier molecular flexibility index (Phi) is 5.79. The van der Waals surface area contributed by atoms with Gasteiger partial charge in [-0.2, -0.15) is 22.0 Å². The summed E-state index contributed by atoms with van der Waals surface area (Å²) >= 11 is 0. The van der Waals surface area contributed by atoms with Gasteiger partial charge in [-0.15, -0.1) is 0 Å². The Morgan fingerprint density at radius 2 is 1.60 bits per heavy atom. The third-order valence-corrected chi connectivity index (χ3v) is 3.07. The molecule has 0 radical (unpaired) electrons. The predicted octanol–water partition coefficient (Wildman–Crippen LogP) is 4.63. The highest BCUT2D eigenvalue weighted by atomic mass is 19.4. The summed E-state index contributed by atoms with van der Waals surface area (Å²) in [5.74, 6) is -0.00652. The minimum Gasteiger partial charge on any atom is -0.435 e. The summed E-state index contributed by atoms with van der Waals surface area (Å²) in [7, 11) is 0. The molecule has 0 saturated carbocycles. The quantitative estimate of drug-likeness (QED) is 0.764. The van der Waals surface area contributed by atoms with E-state index in [9.17, 15) is 26.7 Å². The number of ether oxygens (including phenoxy) is 1. The molecule has 0 fully saturated rings. The van der Waals surface area contributed by atoms with Gasteiger partial charge in [-0.3, -0.25) is 0 Å². The van der Waals surface area contributed by atoms with E-state index in [4.69, 9.17) is 0 Å². The van der Waals surface area contributed by atoms with Gasteiger partial charge in [0.1, 0.15) is 5.75 Å². The number of alkyl halides is 5. The molecule has 0 bridgehead atoms. The Labute approximate surface area is 139 Å². The Morgan fingerprint density at radius 3 is 2.12 bits per heavy atom. The number of anilines is 1. The maximum atomic E-state index is 12.4. The van der Waals surface area contributed by atoms with Gasteiger partial charge in [0.2, 0.25) is 0 Å². The zero-order valence-electron chi connectivity index (χ0n) is 12.6. The first kappa shape index (κ1) is 18.5. The molecule has 0 heterocycles. The van der Waals surface area contributed by atoms with Crippen molar-refractivity contribution < 1.29 is 31.5 Å². The van der Waals surface area contributed by atoms with E-state index in [0.717, 1.165) is 24.3 Å². The lowest BCUT2D eigenvalue weighted by Crippen LogP contribution is -2.28. The van der Waals surface area contributed by atoms with E-state index in [0.29, 0.717) is 5.56 Å². The minimum atomic E-state index is -4.44. The number of rotatable bonds is 5. The Bertz CT molecular complexity index is 700. The second-order valence-electron chi connectivity index (χ2n) is 4.91. The summed E-state index contributed by atoms with van der Waals surface area (Å²) in [5, 5.41) is 4.88. The Hall–Kier alpha value is -2.84. The van der Waals surface area contributed by atoms with Crippen LogP contribution in [0.2, 0.25) is 0 Å². The third-order valence-electron chi connectivity index (χ3n) is 3.07. The lowest BCUT2D eigenvalue weighted by Gasteiger charge is -2.10. The second-order valence-corrected chi connectivity index (χ2v) is 4.91. The van der Waals surface area contributed by atoms with Crippen LogP contribution in [0.15, 0.2) is 48.5 Å². The number of nitrogens with one attached hydrogen (secondary N) is 2. The fourth-order valence-corrected chi connectivity index (χ4v) is 1.89. The van der Waals surface area contributed by atoms with Gasteiger partial charge >= 0.3 is 18.8 Å². The summed E-state index contributed by atoms with van der Waals surface area (Å²) in [6.07, 6.45) is -4.44. The van der Waals surface area contributed by atoms with Gasteiger partial charge in [-0.25, -0.2) is 4.79 Å². The van der Waals surface area contributed by atoms with Crippen LogP contribution in [-0.2, 0) is 12.7 Å². The van der Waals surface area contributed by atoms with Gasteiger partial charge in [-0.1, -0.05) is 12.1 Å². The van der Waals surface area contributed by atoms with Crippen molar-refractivity contribution in [3.8, 4) is 5.75 Å². The van der Waals surface area contributed by atoms with Gasteiger partial charge < -0.3 is 15.4 Å². The average Bonchev–Trinajstić information content (AvgIpc) is 2.53. The van der Waals surface area contributed by atoms with E-state index in [-0.39, 0.29) is 18.0 Å². The number of benzene rings is 2. The van der Waals surface area contributed by atoms with Crippen molar-refractivity contribution in [3.63, 3.8) is 0 Å². The van der Waals surface area contributed by atoms with Crippen molar-refractivity contribution in [2.75, 3.05) is 5.32 Å². The van der Waals surface area contributed by atoms with Crippen molar-refractivity contribution in [1.29, 1.82) is 0 Å². The first-order valence-electron chi connectivity index (χ1n) is 7.00. The van der Waals surface area contributed by atoms with Crippen LogP contribution in [-0.4, -0.2) is 12.6 Å². The van der Waals surface area contributed by atoms with Gasteiger partial charge in [0.15, 0.2) is 0 Å². The van der Waals surface area contributed by atoms with Crippen LogP contribution < -0.4 is 15.4 Å². The molecule has 2 amide bonds. The van der Waals surface area contributed by atoms with E-state index < -0.39 is 24.4 Å². The number of hydrogen-bond acceptors (Lipinski definition) is 2. The topological polar surface area (TPSA) is 50.4 Å². The molecule has 0 aliphatic carbocycles. The monoisotopic (exact) mass is 360 g/mol. The molecule has 25 heavy (non-hydrogen) atoms. The van der Waals surface area contributed by atoms with Gasteiger partial charge in [0.25, 0.3) is 0 Å². The predicted molar refractivity (Wildman–Crippen MR) is 80.4 cm³/mol. The zero-order chi connectivity index (χ0) is 18.4. The van der Waals surface area contributed by atoms with Crippen molar-refractivity contribution in [2.24, 2.45) is 0 Å². The molecule has 0 aliphatic heterocycles. The van der Waals surface area contributed by atoms with Crippen molar-refractivity contribution in [2.45, 2.75) is 19.3 Å². The summed E-state index contributed by atoms with van der Waals surface area (Å²) in [5.41, 5.74) is 0.0138. The van der Waals surface area contributed by atoms with Crippen LogP contribution in [0.4, 0.5) is 32.4 Å². The molecular formula is C16H13F5N2O2. The maximum Gasteiger partial charge on any atom is 0.416 e. The van der Waals surface area contributed by atoms with Crippen LogP contribution in [0.25, 0.3) is 0 Å². The molecule has 134 valence electrons. The van der Waals surface area contributed by atoms with Crippen LogP contribution in [0, 0.1) is 0 Å². The molecule has 2 aromatic rings. The second kappa shape index (κ2) is 7.82. The minimum absolute atomic E-state index is 0.00652. The molecule has 0 spiro atoms. The third kappa shape index (κ3) is 5.94. The number of hydrogen-bond donors (Lipinski definition) is 2. The first-order valence-corrected chi connectivity index (χ1v) is 7.00. The molecule has 0 atom stereocenters. The summed E-state index contributed by atoms with van der Waals surface area (Å²) in [4.78, 5) is 11.7. The highest BCUT2D eigenvalue weighted by Gasteiger charge is 2.29. The van der Waals surface area contributed by atoms with Crippen LogP contribution in [0.1, 0.15) is 11.1 Å². The molecule has 9 heteroatoms. The number of carbonyl (C=O) groups is 1. The highest BCUT2D eigenvalue weighted by molar-refractivity contribution is 5.89. The van der Waals surface area contributed by atoms with Gasteiger partial charge in [-0.05, 0) is 42.0 Å². The van der Waals surface area contributed by atoms with Crippen molar-refractivity contribution >= 4 is 11.7 Å². The molecule has 0 aliphatic rings. The number of halogens is 5. The van der Waals surface area contributed by atoms with E-state index in [1.54, 1.807) is 0 Å². The van der Waals surface area contributed by atoms with E-state index >= 15 is 0 Å². The van der Waals surface area contributed by atoms with Crippen LogP contribution in [0.5, 0.6) is 5.75 Å². The van der Waals surface area contributed by atoms with E-state index in [1.807, 2.05) is 0 Å². The van der Waals surface area contributed by atoms with Gasteiger partial charge in [0.05, 0.1) is 5.56 Å². The summed E-state index contributed by atoms with van der Waals surface area (Å²) in [6.45, 7) is -2.82. The molecule has 2 aromatic carbocycles. The molecule has 0 saturated heterocycles. The first-order chi connectivity index (χ1) is 11.7. The highest BCUT2D eigenvalue weighted by Crippen LogP contribution is 2.29. The fraction of sp³-hybridized carbons (Fsp3) is 0.188. The van der Waals surface area contributed by atoms with Crippen LogP contribution in [0.3, 0.4) is 0 Å². The normalized spacial score (nSPS) is 11.3. The maximum absolute atomic E-state index is 12.4. The van der Waals surface area contributed by atoms with Crippen LogP contribution >= 0.6 is 0 Å².